The zero-order chi connectivity index (χ0) is 12.0. The molecule has 0 aliphatic heterocycles. The highest BCUT2D eigenvalue weighted by Crippen LogP contribution is 2.28. The van der Waals surface area contributed by atoms with Gasteiger partial charge in [-0.3, -0.25) is 4.79 Å². The van der Waals surface area contributed by atoms with Crippen LogP contribution in [0.5, 0.6) is 0 Å². The molecule has 16 heavy (non-hydrogen) atoms. The van der Waals surface area contributed by atoms with Crippen molar-refractivity contribution in [3.05, 3.63) is 0 Å². The summed E-state index contributed by atoms with van der Waals surface area (Å²) in [6.45, 7) is 3.31. The first kappa shape index (κ1) is 13.5. The molecule has 0 aromatic carbocycles. The van der Waals surface area contributed by atoms with Gasteiger partial charge in [-0.2, -0.15) is 0 Å². The number of carbonyl (C=O) groups is 1. The van der Waals surface area contributed by atoms with Crippen LogP contribution in [-0.2, 0) is 9.53 Å². The molecule has 0 saturated heterocycles. The van der Waals surface area contributed by atoms with Crippen LogP contribution in [0.3, 0.4) is 0 Å². The molecule has 1 aliphatic rings. The molecule has 94 valence electrons. The lowest BCUT2D eigenvalue weighted by Gasteiger charge is -2.29. The summed E-state index contributed by atoms with van der Waals surface area (Å²) >= 11 is 0. The molecule has 3 N–H and O–H groups in total. The van der Waals surface area contributed by atoms with E-state index in [1.54, 1.807) is 7.11 Å². The Balaban J connectivity index is 2.24. The van der Waals surface area contributed by atoms with Gasteiger partial charge in [0, 0.05) is 13.7 Å². The maximum Gasteiger partial charge on any atom is 0.239 e. The van der Waals surface area contributed by atoms with Crippen LogP contribution in [0.2, 0.25) is 0 Å². The molecule has 1 amide bonds. The monoisotopic (exact) mass is 228 g/mol. The van der Waals surface area contributed by atoms with Crippen molar-refractivity contribution < 1.29 is 9.53 Å². The van der Waals surface area contributed by atoms with Crippen LogP contribution >= 0.6 is 0 Å². The van der Waals surface area contributed by atoms with Crippen LogP contribution in [0.4, 0.5) is 0 Å². The van der Waals surface area contributed by atoms with E-state index in [0.29, 0.717) is 11.8 Å². The van der Waals surface area contributed by atoms with Crippen LogP contribution in [0.25, 0.3) is 0 Å². The molecule has 3 atom stereocenters. The van der Waals surface area contributed by atoms with Crippen molar-refractivity contribution in [2.24, 2.45) is 17.6 Å². The van der Waals surface area contributed by atoms with E-state index < -0.39 is 6.04 Å². The van der Waals surface area contributed by atoms with E-state index in [1.807, 2.05) is 0 Å². The molecule has 1 rings (SSSR count). The molecule has 0 aromatic heterocycles. The van der Waals surface area contributed by atoms with Crippen molar-refractivity contribution in [3.63, 3.8) is 0 Å². The summed E-state index contributed by atoms with van der Waals surface area (Å²) in [5, 5.41) is 2.92. The molecule has 0 radical (unpaired) electrons. The van der Waals surface area contributed by atoms with Crippen LogP contribution in [0.15, 0.2) is 0 Å². The maximum absolute atomic E-state index is 11.6. The average Bonchev–Trinajstić information content (AvgIpc) is 2.28. The Bertz CT molecular complexity index is 221. The second-order valence-corrected chi connectivity index (χ2v) is 4.83. The van der Waals surface area contributed by atoms with Crippen LogP contribution < -0.4 is 11.1 Å². The quantitative estimate of drug-likeness (QED) is 0.735. The molecule has 0 bridgehead atoms. The summed E-state index contributed by atoms with van der Waals surface area (Å²) < 4.78 is 4.85. The van der Waals surface area contributed by atoms with E-state index >= 15 is 0 Å². The van der Waals surface area contributed by atoms with E-state index in [4.69, 9.17) is 10.5 Å². The minimum absolute atomic E-state index is 0.0976. The van der Waals surface area contributed by atoms with Gasteiger partial charge in [-0.1, -0.05) is 26.2 Å². The fraction of sp³-hybridized carbons (Fsp3) is 0.917. The van der Waals surface area contributed by atoms with Gasteiger partial charge in [0.05, 0.1) is 6.61 Å². The number of nitrogens with two attached hydrogens (primary N) is 1. The summed E-state index contributed by atoms with van der Waals surface area (Å²) in [6.07, 6.45) is 5.12. The first-order chi connectivity index (χ1) is 7.65. The standard InChI is InChI=1S/C12H24N2O2/c1-9-5-3-4-6-10(9)7-14-12(15)11(13)8-16-2/h9-11H,3-8,13H2,1-2H3,(H,14,15). The lowest BCUT2D eigenvalue weighted by molar-refractivity contribution is -0.123. The molecule has 0 spiro atoms. The zero-order valence-electron chi connectivity index (χ0n) is 10.4. The van der Waals surface area contributed by atoms with Crippen molar-refractivity contribution in [1.82, 2.24) is 5.32 Å². The largest absolute Gasteiger partial charge is 0.383 e. The van der Waals surface area contributed by atoms with Gasteiger partial charge >= 0.3 is 0 Å². The number of methoxy groups -OCH3 is 1. The normalized spacial score (nSPS) is 27.4. The molecule has 0 heterocycles. The molecular formula is C12H24N2O2. The predicted molar refractivity (Wildman–Crippen MR) is 64.0 cm³/mol. The third-order valence-electron chi connectivity index (χ3n) is 3.51. The molecule has 0 aromatic rings. The predicted octanol–water partition coefficient (Wildman–Crippen LogP) is 0.903. The summed E-state index contributed by atoms with van der Waals surface area (Å²) in [5.74, 6) is 1.24. The van der Waals surface area contributed by atoms with Gasteiger partial charge in [0.15, 0.2) is 0 Å². The number of rotatable bonds is 5. The number of hydrogen-bond acceptors (Lipinski definition) is 3. The second kappa shape index (κ2) is 6.86. The van der Waals surface area contributed by atoms with Gasteiger partial charge in [0.2, 0.25) is 5.91 Å². The first-order valence-corrected chi connectivity index (χ1v) is 6.17. The second-order valence-electron chi connectivity index (χ2n) is 4.83. The Labute approximate surface area is 97.9 Å². The summed E-state index contributed by atoms with van der Waals surface area (Å²) in [6, 6.07) is -0.538. The summed E-state index contributed by atoms with van der Waals surface area (Å²) in [4.78, 5) is 11.6. The van der Waals surface area contributed by atoms with Crippen molar-refractivity contribution in [3.8, 4) is 0 Å². The minimum Gasteiger partial charge on any atom is -0.383 e. The molecule has 1 aliphatic carbocycles. The number of hydrogen-bond donors (Lipinski definition) is 2. The number of carbonyl (C=O) groups excluding carboxylic acids is 1. The summed E-state index contributed by atoms with van der Waals surface area (Å²) in [5.41, 5.74) is 5.64. The third kappa shape index (κ3) is 4.10. The molecule has 1 fully saturated rings. The van der Waals surface area contributed by atoms with Crippen molar-refractivity contribution in [2.75, 3.05) is 20.3 Å². The van der Waals surface area contributed by atoms with Gasteiger partial charge in [0.1, 0.15) is 6.04 Å². The molecule has 4 heteroatoms. The van der Waals surface area contributed by atoms with E-state index in [9.17, 15) is 4.79 Å². The van der Waals surface area contributed by atoms with Crippen molar-refractivity contribution >= 4 is 5.91 Å². The van der Waals surface area contributed by atoms with Gasteiger partial charge < -0.3 is 15.8 Å². The zero-order valence-corrected chi connectivity index (χ0v) is 10.4. The van der Waals surface area contributed by atoms with Gasteiger partial charge in [-0.15, -0.1) is 0 Å². The Morgan fingerprint density at radius 1 is 1.50 bits per heavy atom. The summed E-state index contributed by atoms with van der Waals surface area (Å²) in [7, 11) is 1.55. The fourth-order valence-corrected chi connectivity index (χ4v) is 2.31. The van der Waals surface area contributed by atoms with E-state index in [2.05, 4.69) is 12.2 Å². The van der Waals surface area contributed by atoms with Crippen LogP contribution in [-0.4, -0.2) is 32.2 Å². The Hall–Kier alpha value is -0.610. The fourth-order valence-electron chi connectivity index (χ4n) is 2.31. The number of nitrogens with one attached hydrogen (secondary N) is 1. The highest BCUT2D eigenvalue weighted by Gasteiger charge is 2.22. The average molecular weight is 228 g/mol. The topological polar surface area (TPSA) is 64.3 Å². The smallest absolute Gasteiger partial charge is 0.239 e. The van der Waals surface area contributed by atoms with Gasteiger partial charge in [-0.25, -0.2) is 0 Å². The minimum atomic E-state index is -0.538. The van der Waals surface area contributed by atoms with Crippen LogP contribution in [0.1, 0.15) is 32.6 Å². The van der Waals surface area contributed by atoms with E-state index in [-0.39, 0.29) is 12.5 Å². The van der Waals surface area contributed by atoms with Crippen LogP contribution in [0, 0.1) is 11.8 Å². The van der Waals surface area contributed by atoms with Crippen molar-refractivity contribution in [1.29, 1.82) is 0 Å². The number of ether oxygens (including phenoxy) is 1. The van der Waals surface area contributed by atoms with Gasteiger partial charge in [0.25, 0.3) is 0 Å². The maximum atomic E-state index is 11.6. The van der Waals surface area contributed by atoms with Crippen molar-refractivity contribution in [2.45, 2.75) is 38.6 Å². The van der Waals surface area contributed by atoms with E-state index in [0.717, 1.165) is 6.54 Å². The van der Waals surface area contributed by atoms with E-state index in [1.165, 1.54) is 25.7 Å². The third-order valence-corrected chi connectivity index (χ3v) is 3.51. The Kier molecular flexibility index (Phi) is 5.77. The Morgan fingerprint density at radius 2 is 2.19 bits per heavy atom. The molecule has 3 unspecified atom stereocenters. The highest BCUT2D eigenvalue weighted by atomic mass is 16.5. The molecule has 4 nitrogen and oxygen atoms in total. The van der Waals surface area contributed by atoms with Gasteiger partial charge in [-0.05, 0) is 18.3 Å². The highest BCUT2D eigenvalue weighted by molar-refractivity contribution is 5.81. The Morgan fingerprint density at radius 3 is 2.81 bits per heavy atom. The molecular weight excluding hydrogens is 204 g/mol. The lowest BCUT2D eigenvalue weighted by atomic mass is 9.80. The SMILES string of the molecule is COCC(N)C(=O)NCC1CCCCC1C. The molecule has 1 saturated carbocycles. The number of amides is 1. The first-order valence-electron chi connectivity index (χ1n) is 6.17. The lowest BCUT2D eigenvalue weighted by Crippen LogP contribution is -2.45.